The van der Waals surface area contributed by atoms with Gasteiger partial charge in [0, 0.05) is 18.0 Å². The minimum Gasteiger partial charge on any atom is -0.477 e. The molecular weight excluding hydrogens is 498 g/mol. The minimum absolute atomic E-state index is 0.110. The Balaban J connectivity index is 1.50. The van der Waals surface area contributed by atoms with Crippen LogP contribution in [0.25, 0.3) is 10.2 Å². The summed E-state index contributed by atoms with van der Waals surface area (Å²) in [5.74, 6) is -1.38. The number of hydrogen-bond acceptors (Lipinski definition) is 9. The van der Waals surface area contributed by atoms with Crippen LogP contribution in [0.1, 0.15) is 20.8 Å². The monoisotopic (exact) mass is 519 g/mol. The molecule has 2 aromatic rings. The van der Waals surface area contributed by atoms with Crippen LogP contribution in [0.5, 0.6) is 0 Å². The molecule has 2 aliphatic heterocycles. The highest BCUT2D eigenvalue weighted by atomic mass is 32.2. The second kappa shape index (κ2) is 9.43. The van der Waals surface area contributed by atoms with E-state index in [4.69, 9.17) is 4.74 Å². The van der Waals surface area contributed by atoms with Crippen molar-refractivity contribution < 1.29 is 24.2 Å². The average molecular weight is 520 g/mol. The molecule has 0 spiro atoms. The maximum atomic E-state index is 12.7. The Morgan fingerprint density at radius 1 is 1.35 bits per heavy atom. The van der Waals surface area contributed by atoms with Crippen LogP contribution in [-0.4, -0.2) is 55.7 Å². The summed E-state index contributed by atoms with van der Waals surface area (Å²) in [5.41, 5.74) is -0.487. The SMILES string of the molecule is CC(C)(C)OC(=O)NC1C(=O)N2C(C(=O)O)=C(/C=C/Sc3cc(=O)c4cccnc4s3)CSC12. The predicted molar refractivity (Wildman–Crippen MR) is 132 cm³/mol. The van der Waals surface area contributed by atoms with Crippen LogP contribution in [0.4, 0.5) is 4.79 Å². The van der Waals surface area contributed by atoms with Crippen LogP contribution in [0, 0.1) is 0 Å². The number of nitrogens with zero attached hydrogens (tertiary/aromatic N) is 2. The van der Waals surface area contributed by atoms with Gasteiger partial charge >= 0.3 is 12.1 Å². The second-order valence-electron chi connectivity index (χ2n) is 8.42. The van der Waals surface area contributed by atoms with Gasteiger partial charge in [-0.1, -0.05) is 11.8 Å². The van der Waals surface area contributed by atoms with Gasteiger partial charge in [0.2, 0.25) is 0 Å². The molecule has 2 unspecified atom stereocenters. The highest BCUT2D eigenvalue weighted by Gasteiger charge is 2.54. The topological polar surface area (TPSA) is 126 Å². The molecule has 2 aliphatic rings. The summed E-state index contributed by atoms with van der Waals surface area (Å²) < 4.78 is 5.92. The van der Waals surface area contributed by atoms with E-state index in [0.717, 1.165) is 0 Å². The number of allylic oxidation sites excluding steroid dienone is 1. The highest BCUT2D eigenvalue weighted by Crippen LogP contribution is 2.41. The number of rotatable bonds is 5. The van der Waals surface area contributed by atoms with E-state index in [2.05, 4.69) is 10.3 Å². The number of thioether (sulfide) groups is 2. The largest absolute Gasteiger partial charge is 0.477 e. The van der Waals surface area contributed by atoms with Crippen molar-refractivity contribution in [3.8, 4) is 0 Å². The van der Waals surface area contributed by atoms with Crippen molar-refractivity contribution in [1.82, 2.24) is 15.2 Å². The molecule has 178 valence electrons. The fraction of sp³-hybridized carbons (Fsp3) is 0.318. The second-order valence-corrected chi connectivity index (χ2v) is 11.8. The van der Waals surface area contributed by atoms with Crippen molar-refractivity contribution in [2.45, 2.75) is 42.0 Å². The van der Waals surface area contributed by atoms with E-state index in [1.807, 2.05) is 0 Å². The van der Waals surface area contributed by atoms with Crippen molar-refractivity contribution in [2.24, 2.45) is 0 Å². The summed E-state index contributed by atoms with van der Waals surface area (Å²) in [5, 5.41) is 14.0. The standard InChI is InChI=1S/C22H21N3O6S3/c1-22(2,3)31-21(30)24-15-18(27)25-16(20(28)29)11(10-33-19(15)25)6-8-32-14-9-13(26)12-5-4-7-23-17(12)34-14/h4-9,15,19H,10H2,1-3H3,(H,24,30)(H,28,29)/b8-6+. The van der Waals surface area contributed by atoms with Gasteiger partial charge in [-0.05, 0) is 50.0 Å². The number of ether oxygens (including phenoxy) is 1. The molecule has 2 aromatic heterocycles. The maximum Gasteiger partial charge on any atom is 0.408 e. The van der Waals surface area contributed by atoms with Crippen molar-refractivity contribution >= 4 is 63.0 Å². The van der Waals surface area contributed by atoms with E-state index in [0.29, 0.717) is 25.8 Å². The van der Waals surface area contributed by atoms with Crippen molar-refractivity contribution in [2.75, 3.05) is 5.75 Å². The molecule has 2 amide bonds. The normalized spacial score (nSPS) is 20.3. The molecule has 0 radical (unpaired) electrons. The summed E-state index contributed by atoms with van der Waals surface area (Å²) in [7, 11) is 0. The molecule has 1 saturated heterocycles. The zero-order chi connectivity index (χ0) is 24.6. The summed E-state index contributed by atoms with van der Waals surface area (Å²) in [6.45, 7) is 5.14. The first-order chi connectivity index (χ1) is 16.0. The van der Waals surface area contributed by atoms with Crippen LogP contribution in [-0.2, 0) is 14.3 Å². The van der Waals surface area contributed by atoms with E-state index in [1.54, 1.807) is 50.6 Å². The van der Waals surface area contributed by atoms with Gasteiger partial charge in [-0.25, -0.2) is 14.6 Å². The first-order valence-electron chi connectivity index (χ1n) is 10.2. The molecule has 1 fully saturated rings. The Kier molecular flexibility index (Phi) is 6.74. The number of alkyl carbamates (subject to hydrolysis) is 1. The molecule has 9 nitrogen and oxygen atoms in total. The number of carboxylic acid groups (broad SMARTS) is 1. The van der Waals surface area contributed by atoms with Gasteiger partial charge in [-0.2, -0.15) is 0 Å². The van der Waals surface area contributed by atoms with Gasteiger partial charge in [-0.15, -0.1) is 23.1 Å². The lowest BCUT2D eigenvalue weighted by Gasteiger charge is -2.49. The van der Waals surface area contributed by atoms with Gasteiger partial charge in [0.25, 0.3) is 5.91 Å². The predicted octanol–water partition coefficient (Wildman–Crippen LogP) is 3.41. The number of pyridine rings is 1. The van der Waals surface area contributed by atoms with Crippen LogP contribution in [0.2, 0.25) is 0 Å². The number of β-lactam (4-membered cyclic amide) rings is 1. The molecule has 0 bridgehead atoms. The molecule has 12 heteroatoms. The summed E-state index contributed by atoms with van der Waals surface area (Å²) in [6.07, 6.45) is 2.54. The molecule has 34 heavy (non-hydrogen) atoms. The van der Waals surface area contributed by atoms with Crippen LogP contribution < -0.4 is 10.7 Å². The van der Waals surface area contributed by atoms with Crippen LogP contribution in [0.3, 0.4) is 0 Å². The Hall–Kier alpha value is -2.83. The average Bonchev–Trinajstić information content (AvgIpc) is 2.75. The number of fused-ring (bicyclic) bond motifs is 2. The van der Waals surface area contributed by atoms with Crippen LogP contribution >= 0.6 is 34.9 Å². The number of carboxylic acids is 1. The Morgan fingerprint density at radius 2 is 2.12 bits per heavy atom. The maximum absolute atomic E-state index is 12.7. The molecule has 2 N–H and O–H groups in total. The minimum atomic E-state index is -1.22. The molecule has 0 aromatic carbocycles. The molecule has 4 rings (SSSR count). The van der Waals surface area contributed by atoms with Gasteiger partial charge in [-0.3, -0.25) is 14.5 Å². The van der Waals surface area contributed by atoms with Crippen LogP contribution in [0.15, 0.2) is 56.2 Å². The van der Waals surface area contributed by atoms with E-state index in [-0.39, 0.29) is 11.1 Å². The van der Waals surface area contributed by atoms with Crippen molar-refractivity contribution in [1.29, 1.82) is 0 Å². The summed E-state index contributed by atoms with van der Waals surface area (Å²) >= 11 is 4.00. The van der Waals surface area contributed by atoms with E-state index < -0.39 is 35.0 Å². The highest BCUT2D eigenvalue weighted by molar-refractivity contribution is 8.04. The fourth-order valence-electron chi connectivity index (χ4n) is 3.42. The van der Waals surface area contributed by atoms with Gasteiger partial charge < -0.3 is 15.2 Å². The third-order valence-electron chi connectivity index (χ3n) is 4.81. The Bertz CT molecular complexity index is 1300. The van der Waals surface area contributed by atoms with Crippen molar-refractivity contribution in [3.63, 3.8) is 0 Å². The lowest BCUT2D eigenvalue weighted by atomic mass is 10.0. The Labute approximate surface area is 207 Å². The molecule has 0 saturated carbocycles. The molecule has 0 aliphatic carbocycles. The number of carbonyl (C=O) groups is 3. The number of aliphatic carboxylic acids is 1. The number of aromatic nitrogens is 1. The summed E-state index contributed by atoms with van der Waals surface area (Å²) in [4.78, 5) is 55.0. The Morgan fingerprint density at radius 3 is 2.82 bits per heavy atom. The number of carbonyl (C=O) groups excluding carboxylic acids is 2. The first-order valence-corrected chi connectivity index (χ1v) is 12.9. The van der Waals surface area contributed by atoms with E-state index in [9.17, 15) is 24.3 Å². The molecular formula is C22H21N3O6S3. The van der Waals surface area contributed by atoms with Gasteiger partial charge in [0.15, 0.2) is 5.43 Å². The molecule has 2 atom stereocenters. The number of nitrogens with one attached hydrogen (secondary N) is 1. The van der Waals surface area contributed by atoms with E-state index >= 15 is 0 Å². The quantitative estimate of drug-likeness (QED) is 0.451. The van der Waals surface area contributed by atoms with E-state index in [1.165, 1.54) is 45.8 Å². The number of hydrogen-bond donors (Lipinski definition) is 2. The number of amides is 2. The summed E-state index contributed by atoms with van der Waals surface area (Å²) in [6, 6.07) is 4.10. The first kappa shape index (κ1) is 24.3. The third kappa shape index (κ3) is 4.98. The zero-order valence-electron chi connectivity index (χ0n) is 18.4. The fourth-order valence-corrected chi connectivity index (χ4v) is 6.62. The lowest BCUT2D eigenvalue weighted by molar-refractivity contribution is -0.149. The van der Waals surface area contributed by atoms with Crippen molar-refractivity contribution in [3.05, 3.63) is 57.4 Å². The lowest BCUT2D eigenvalue weighted by Crippen LogP contribution is -2.70. The molecule has 4 heterocycles. The zero-order valence-corrected chi connectivity index (χ0v) is 20.9. The van der Waals surface area contributed by atoms with Gasteiger partial charge in [0.1, 0.15) is 27.5 Å². The third-order valence-corrected chi connectivity index (χ3v) is 8.11. The smallest absolute Gasteiger partial charge is 0.408 e. The van der Waals surface area contributed by atoms with Gasteiger partial charge in [0.05, 0.1) is 9.60 Å².